The molecule has 1 aliphatic carbocycles. The molecule has 1 N–H and O–H groups in total. The molecule has 1 fully saturated rings. The van der Waals surface area contributed by atoms with Gasteiger partial charge in [0.15, 0.2) is 6.29 Å². The normalized spacial score (nSPS) is 29.1. The maximum absolute atomic E-state index is 5.53. The summed E-state index contributed by atoms with van der Waals surface area (Å²) in [6.07, 6.45) is 3.58. The van der Waals surface area contributed by atoms with E-state index >= 15 is 0 Å². The van der Waals surface area contributed by atoms with Gasteiger partial charge in [0.2, 0.25) is 0 Å². The molecule has 0 saturated heterocycles. The monoisotopic (exact) mass is 243 g/mol. The summed E-state index contributed by atoms with van der Waals surface area (Å²) in [5.41, 5.74) is 0. The average Bonchev–Trinajstić information content (AvgIpc) is 2.61. The molecule has 0 radical (unpaired) electrons. The van der Waals surface area contributed by atoms with E-state index in [0.29, 0.717) is 6.04 Å². The second-order valence-corrected chi connectivity index (χ2v) is 5.10. The second-order valence-electron chi connectivity index (χ2n) is 5.10. The molecule has 0 aliphatic heterocycles. The Hall–Kier alpha value is -0.120. The van der Waals surface area contributed by atoms with Crippen molar-refractivity contribution in [3.05, 3.63) is 0 Å². The number of ether oxygens (including phenoxy) is 2. The lowest BCUT2D eigenvalue weighted by Gasteiger charge is -2.22. The van der Waals surface area contributed by atoms with Crippen molar-refractivity contribution in [2.24, 2.45) is 11.8 Å². The summed E-state index contributed by atoms with van der Waals surface area (Å²) < 4.78 is 11.1. The highest BCUT2D eigenvalue weighted by Gasteiger charge is 2.29. The molecule has 0 aromatic heterocycles. The highest BCUT2D eigenvalue weighted by Crippen LogP contribution is 2.30. The van der Waals surface area contributed by atoms with Crippen LogP contribution in [0.1, 0.15) is 47.0 Å². The van der Waals surface area contributed by atoms with Gasteiger partial charge in [-0.25, -0.2) is 0 Å². The van der Waals surface area contributed by atoms with Gasteiger partial charge in [0, 0.05) is 32.2 Å². The minimum atomic E-state index is -0.0355. The number of hydrogen-bond donors (Lipinski definition) is 1. The minimum absolute atomic E-state index is 0.0355. The molecule has 0 aromatic rings. The zero-order valence-electron chi connectivity index (χ0n) is 11.9. The van der Waals surface area contributed by atoms with Crippen LogP contribution in [0.5, 0.6) is 0 Å². The zero-order valence-corrected chi connectivity index (χ0v) is 11.9. The van der Waals surface area contributed by atoms with Gasteiger partial charge in [0.05, 0.1) is 0 Å². The average molecular weight is 243 g/mol. The van der Waals surface area contributed by atoms with Crippen LogP contribution >= 0.6 is 0 Å². The lowest BCUT2D eigenvalue weighted by atomic mass is 9.98. The lowest BCUT2D eigenvalue weighted by molar-refractivity contribution is -0.138. The molecule has 17 heavy (non-hydrogen) atoms. The van der Waals surface area contributed by atoms with Gasteiger partial charge in [-0.2, -0.15) is 0 Å². The highest BCUT2D eigenvalue weighted by molar-refractivity contribution is 4.84. The molecule has 1 aliphatic rings. The molecule has 0 spiro atoms. The smallest absolute Gasteiger partial charge is 0.158 e. The molecule has 3 nitrogen and oxygen atoms in total. The third kappa shape index (κ3) is 4.94. The molecule has 102 valence electrons. The Kier molecular flexibility index (Phi) is 7.09. The van der Waals surface area contributed by atoms with Crippen LogP contribution in [0.4, 0.5) is 0 Å². The Morgan fingerprint density at radius 1 is 1.12 bits per heavy atom. The maximum Gasteiger partial charge on any atom is 0.158 e. The van der Waals surface area contributed by atoms with E-state index in [0.717, 1.165) is 38.0 Å². The standard InChI is InChI=1S/C14H29NO2/c1-5-16-14(17-6-2)9-10-15-13-8-7-11(3)12(13)4/h11-15H,5-10H2,1-4H3. The fourth-order valence-corrected chi connectivity index (χ4v) is 2.63. The van der Waals surface area contributed by atoms with Crippen LogP contribution in [0.3, 0.4) is 0 Å². The quantitative estimate of drug-likeness (QED) is 0.665. The van der Waals surface area contributed by atoms with Gasteiger partial charge in [-0.3, -0.25) is 0 Å². The summed E-state index contributed by atoms with van der Waals surface area (Å²) in [6.45, 7) is 11.2. The first-order chi connectivity index (χ1) is 8.19. The largest absolute Gasteiger partial charge is 0.353 e. The second kappa shape index (κ2) is 8.06. The summed E-state index contributed by atoms with van der Waals surface area (Å²) in [7, 11) is 0. The molecular formula is C14H29NO2. The predicted molar refractivity (Wildman–Crippen MR) is 71.0 cm³/mol. The van der Waals surface area contributed by atoms with Crippen LogP contribution in [-0.4, -0.2) is 32.1 Å². The van der Waals surface area contributed by atoms with E-state index < -0.39 is 0 Å². The van der Waals surface area contributed by atoms with E-state index in [9.17, 15) is 0 Å². The van der Waals surface area contributed by atoms with Crippen molar-refractivity contribution in [3.8, 4) is 0 Å². The van der Waals surface area contributed by atoms with Gasteiger partial charge in [-0.1, -0.05) is 13.8 Å². The van der Waals surface area contributed by atoms with Crippen molar-refractivity contribution in [2.45, 2.75) is 59.3 Å². The van der Waals surface area contributed by atoms with Gasteiger partial charge in [-0.05, 0) is 38.5 Å². The molecule has 0 aromatic carbocycles. The maximum atomic E-state index is 5.53. The fourth-order valence-electron chi connectivity index (χ4n) is 2.63. The van der Waals surface area contributed by atoms with Crippen LogP contribution in [-0.2, 0) is 9.47 Å². The van der Waals surface area contributed by atoms with Gasteiger partial charge < -0.3 is 14.8 Å². The molecule has 0 bridgehead atoms. The van der Waals surface area contributed by atoms with Gasteiger partial charge in [0.25, 0.3) is 0 Å². The summed E-state index contributed by atoms with van der Waals surface area (Å²) in [5.74, 6) is 1.66. The summed E-state index contributed by atoms with van der Waals surface area (Å²) in [6, 6.07) is 0.689. The Morgan fingerprint density at radius 2 is 1.76 bits per heavy atom. The van der Waals surface area contributed by atoms with Crippen LogP contribution < -0.4 is 5.32 Å². The Morgan fingerprint density at radius 3 is 2.24 bits per heavy atom. The molecule has 3 heteroatoms. The van der Waals surface area contributed by atoms with Crippen LogP contribution in [0, 0.1) is 11.8 Å². The summed E-state index contributed by atoms with van der Waals surface area (Å²) in [4.78, 5) is 0. The predicted octanol–water partition coefficient (Wildman–Crippen LogP) is 2.80. The van der Waals surface area contributed by atoms with Crippen molar-refractivity contribution in [1.82, 2.24) is 5.32 Å². The van der Waals surface area contributed by atoms with E-state index in [1.54, 1.807) is 0 Å². The van der Waals surface area contributed by atoms with Crippen molar-refractivity contribution in [2.75, 3.05) is 19.8 Å². The van der Waals surface area contributed by atoms with E-state index in [2.05, 4.69) is 19.2 Å². The van der Waals surface area contributed by atoms with Crippen molar-refractivity contribution < 1.29 is 9.47 Å². The van der Waals surface area contributed by atoms with E-state index in [-0.39, 0.29) is 6.29 Å². The first-order valence-electron chi connectivity index (χ1n) is 7.15. The van der Waals surface area contributed by atoms with Crippen LogP contribution in [0.15, 0.2) is 0 Å². The van der Waals surface area contributed by atoms with E-state index in [4.69, 9.17) is 9.47 Å². The third-order valence-corrected chi connectivity index (χ3v) is 3.96. The van der Waals surface area contributed by atoms with Crippen molar-refractivity contribution >= 4 is 0 Å². The van der Waals surface area contributed by atoms with E-state index in [1.165, 1.54) is 12.8 Å². The van der Waals surface area contributed by atoms with E-state index in [1.807, 2.05) is 13.8 Å². The first kappa shape index (κ1) is 14.9. The lowest BCUT2D eigenvalue weighted by Crippen LogP contribution is -2.35. The zero-order chi connectivity index (χ0) is 12.7. The van der Waals surface area contributed by atoms with Gasteiger partial charge in [0.1, 0.15) is 0 Å². The number of rotatable bonds is 8. The number of hydrogen-bond acceptors (Lipinski definition) is 3. The summed E-state index contributed by atoms with van der Waals surface area (Å²) in [5, 5.41) is 3.65. The molecule has 3 atom stereocenters. The Balaban J connectivity index is 2.17. The Bertz CT molecular complexity index is 193. The highest BCUT2D eigenvalue weighted by atomic mass is 16.7. The minimum Gasteiger partial charge on any atom is -0.353 e. The molecule has 1 saturated carbocycles. The molecule has 0 heterocycles. The number of nitrogens with one attached hydrogen (secondary N) is 1. The summed E-state index contributed by atoms with van der Waals surface area (Å²) >= 11 is 0. The van der Waals surface area contributed by atoms with Gasteiger partial charge in [-0.15, -0.1) is 0 Å². The molecular weight excluding hydrogens is 214 g/mol. The van der Waals surface area contributed by atoms with Crippen molar-refractivity contribution in [1.29, 1.82) is 0 Å². The Labute approximate surface area is 106 Å². The molecule has 0 amide bonds. The molecule has 3 unspecified atom stereocenters. The van der Waals surface area contributed by atoms with Gasteiger partial charge >= 0.3 is 0 Å². The fraction of sp³-hybridized carbons (Fsp3) is 1.00. The van der Waals surface area contributed by atoms with Crippen LogP contribution in [0.25, 0.3) is 0 Å². The third-order valence-electron chi connectivity index (χ3n) is 3.96. The molecule has 1 rings (SSSR count). The van der Waals surface area contributed by atoms with Crippen LogP contribution in [0.2, 0.25) is 0 Å². The topological polar surface area (TPSA) is 30.5 Å². The SMILES string of the molecule is CCOC(CCNC1CCC(C)C1C)OCC. The first-order valence-corrected chi connectivity index (χ1v) is 7.15. The van der Waals surface area contributed by atoms with Crippen molar-refractivity contribution in [3.63, 3.8) is 0 Å².